The van der Waals surface area contributed by atoms with E-state index in [1.807, 2.05) is 13.8 Å². The van der Waals surface area contributed by atoms with Gasteiger partial charge in [0.05, 0.1) is 12.7 Å². The Morgan fingerprint density at radius 3 is 2.43 bits per heavy atom. The molecule has 1 N–H and O–H groups in total. The van der Waals surface area contributed by atoms with Crippen LogP contribution in [0.1, 0.15) is 41.0 Å². The second-order valence-corrected chi connectivity index (χ2v) is 12.9. The number of ether oxygens (including phenoxy) is 3. The summed E-state index contributed by atoms with van der Waals surface area (Å²) in [5.74, 6) is -0.594. The fraction of sp³-hybridized carbons (Fsp3) is 1.00. The van der Waals surface area contributed by atoms with Crippen LogP contribution in [-0.2, 0) is 18.6 Å². The van der Waals surface area contributed by atoms with Crippen molar-refractivity contribution in [3.63, 3.8) is 0 Å². The molecule has 4 atom stereocenters. The Hall–Kier alpha value is 0.0169. The minimum absolute atomic E-state index is 0.0903. The van der Waals surface area contributed by atoms with Crippen LogP contribution in [0.25, 0.3) is 0 Å². The van der Waals surface area contributed by atoms with E-state index in [4.69, 9.17) is 18.6 Å². The molecule has 21 heavy (non-hydrogen) atoms. The van der Waals surface area contributed by atoms with Gasteiger partial charge in [0.25, 0.3) is 0 Å². The lowest BCUT2D eigenvalue weighted by Crippen LogP contribution is -2.44. The van der Waals surface area contributed by atoms with Gasteiger partial charge in [-0.3, -0.25) is 0 Å². The highest BCUT2D eigenvalue weighted by Gasteiger charge is 2.50. The number of rotatable bonds is 4. The zero-order valence-electron chi connectivity index (χ0n) is 14.3. The summed E-state index contributed by atoms with van der Waals surface area (Å²) in [5.41, 5.74) is 0. The van der Waals surface area contributed by atoms with E-state index in [0.717, 1.165) is 0 Å². The fourth-order valence-electron chi connectivity index (χ4n) is 2.40. The van der Waals surface area contributed by atoms with Crippen molar-refractivity contribution in [2.75, 3.05) is 6.61 Å². The van der Waals surface area contributed by atoms with E-state index in [2.05, 4.69) is 33.9 Å². The third kappa shape index (κ3) is 3.86. The quantitative estimate of drug-likeness (QED) is 0.808. The first kappa shape index (κ1) is 17.4. The summed E-state index contributed by atoms with van der Waals surface area (Å²) < 4.78 is 23.3. The van der Waals surface area contributed by atoms with Gasteiger partial charge in [-0.15, -0.1) is 0 Å². The van der Waals surface area contributed by atoms with E-state index in [0.29, 0.717) is 13.0 Å². The maximum Gasteiger partial charge on any atom is 0.192 e. The molecule has 2 aliphatic heterocycles. The first-order valence-electron chi connectivity index (χ1n) is 7.74. The van der Waals surface area contributed by atoms with Gasteiger partial charge in [0.1, 0.15) is 12.2 Å². The van der Waals surface area contributed by atoms with Crippen LogP contribution in [0, 0.1) is 0 Å². The molecule has 0 spiro atoms. The monoisotopic (exact) mass is 318 g/mol. The lowest BCUT2D eigenvalue weighted by atomic mass is 10.1. The summed E-state index contributed by atoms with van der Waals surface area (Å²) >= 11 is 0. The molecule has 2 fully saturated rings. The van der Waals surface area contributed by atoms with Crippen LogP contribution in [0.15, 0.2) is 0 Å². The molecule has 1 unspecified atom stereocenters. The third-order valence-corrected chi connectivity index (χ3v) is 9.26. The van der Waals surface area contributed by atoms with Crippen LogP contribution >= 0.6 is 0 Å². The van der Waals surface area contributed by atoms with Crippen molar-refractivity contribution >= 4 is 8.32 Å². The lowest BCUT2D eigenvalue weighted by Gasteiger charge is -2.37. The largest absolute Gasteiger partial charge is 0.414 e. The van der Waals surface area contributed by atoms with Gasteiger partial charge in [0.2, 0.25) is 0 Å². The van der Waals surface area contributed by atoms with Crippen molar-refractivity contribution < 1.29 is 23.7 Å². The Bertz CT molecular complexity index is 361. The molecule has 0 aromatic rings. The van der Waals surface area contributed by atoms with Gasteiger partial charge in [-0.1, -0.05) is 20.8 Å². The first-order valence-corrected chi connectivity index (χ1v) is 10.7. The third-order valence-electron chi connectivity index (χ3n) is 4.76. The predicted octanol–water partition coefficient (Wildman–Crippen LogP) is 2.64. The normalized spacial score (nSPS) is 34.0. The summed E-state index contributed by atoms with van der Waals surface area (Å²) in [6, 6.07) is 0. The molecule has 2 heterocycles. The van der Waals surface area contributed by atoms with Gasteiger partial charge in [-0.25, -0.2) is 0 Å². The van der Waals surface area contributed by atoms with E-state index in [9.17, 15) is 5.11 Å². The molecule has 2 aliphatic rings. The van der Waals surface area contributed by atoms with Crippen LogP contribution in [0.5, 0.6) is 0 Å². The summed E-state index contributed by atoms with van der Waals surface area (Å²) in [5, 5.41) is 10.5. The van der Waals surface area contributed by atoms with Crippen LogP contribution in [0.2, 0.25) is 18.1 Å². The Labute approximate surface area is 129 Å². The maximum absolute atomic E-state index is 10.3. The Balaban J connectivity index is 1.83. The van der Waals surface area contributed by atoms with E-state index in [-0.39, 0.29) is 23.5 Å². The molecule has 0 radical (unpaired) electrons. The van der Waals surface area contributed by atoms with Gasteiger partial charge in [-0.2, -0.15) is 0 Å². The molecule has 0 saturated carbocycles. The van der Waals surface area contributed by atoms with Gasteiger partial charge in [-0.05, 0) is 32.0 Å². The summed E-state index contributed by atoms with van der Waals surface area (Å²) in [7, 11) is -1.85. The second-order valence-electron chi connectivity index (χ2n) is 8.09. The van der Waals surface area contributed by atoms with Crippen LogP contribution in [0.4, 0.5) is 0 Å². The molecule has 0 aromatic carbocycles. The van der Waals surface area contributed by atoms with Crippen molar-refractivity contribution in [2.24, 2.45) is 0 Å². The number of hydrogen-bond acceptors (Lipinski definition) is 5. The van der Waals surface area contributed by atoms with Gasteiger partial charge < -0.3 is 23.7 Å². The van der Waals surface area contributed by atoms with Gasteiger partial charge in [0.15, 0.2) is 20.4 Å². The van der Waals surface area contributed by atoms with E-state index in [1.54, 1.807) is 0 Å². The minimum atomic E-state index is -1.85. The number of hydrogen-bond donors (Lipinski definition) is 1. The topological polar surface area (TPSA) is 57.2 Å². The highest BCUT2D eigenvalue weighted by Crippen LogP contribution is 2.39. The maximum atomic E-state index is 10.3. The van der Waals surface area contributed by atoms with Crippen molar-refractivity contribution in [1.29, 1.82) is 0 Å². The Morgan fingerprint density at radius 2 is 1.90 bits per heavy atom. The number of aliphatic hydroxyl groups is 1. The first-order chi connectivity index (χ1) is 9.41. The summed E-state index contributed by atoms with van der Waals surface area (Å²) in [6.07, 6.45) is -0.725. The fourth-order valence-corrected chi connectivity index (χ4v) is 3.42. The molecule has 2 rings (SSSR count). The molecule has 2 saturated heterocycles. The highest BCUT2D eigenvalue weighted by molar-refractivity contribution is 6.74. The van der Waals surface area contributed by atoms with Crippen molar-refractivity contribution in [2.45, 2.75) is 89.6 Å². The zero-order chi connectivity index (χ0) is 16.1. The Morgan fingerprint density at radius 1 is 1.29 bits per heavy atom. The molecular formula is C15H30O5Si. The van der Waals surface area contributed by atoms with Crippen LogP contribution in [0.3, 0.4) is 0 Å². The lowest BCUT2D eigenvalue weighted by molar-refractivity contribution is -0.215. The molecule has 0 bridgehead atoms. The van der Waals surface area contributed by atoms with Crippen LogP contribution in [-0.4, -0.2) is 50.4 Å². The minimum Gasteiger partial charge on any atom is -0.414 e. The average Bonchev–Trinajstić information content (AvgIpc) is 2.77. The van der Waals surface area contributed by atoms with Gasteiger partial charge >= 0.3 is 0 Å². The van der Waals surface area contributed by atoms with Crippen molar-refractivity contribution in [1.82, 2.24) is 0 Å². The smallest absolute Gasteiger partial charge is 0.192 e. The predicted molar refractivity (Wildman–Crippen MR) is 82.5 cm³/mol. The number of fused-ring (bicyclic) bond motifs is 1. The highest BCUT2D eigenvalue weighted by atomic mass is 28.4. The SMILES string of the molecule is CC1(C)O[C@H]2OC([C@H](O)CO[Si](C)(C)C(C)(C)C)C[C@H]2O1. The van der Waals surface area contributed by atoms with Crippen molar-refractivity contribution in [3.05, 3.63) is 0 Å². The molecule has 0 aromatic heterocycles. The average molecular weight is 318 g/mol. The van der Waals surface area contributed by atoms with E-state index < -0.39 is 20.2 Å². The molecule has 0 aliphatic carbocycles. The van der Waals surface area contributed by atoms with Crippen LogP contribution < -0.4 is 0 Å². The molecule has 124 valence electrons. The zero-order valence-corrected chi connectivity index (χ0v) is 15.3. The number of aliphatic hydroxyl groups excluding tert-OH is 1. The van der Waals surface area contributed by atoms with Crippen molar-refractivity contribution in [3.8, 4) is 0 Å². The summed E-state index contributed by atoms with van der Waals surface area (Å²) in [6.45, 7) is 15.0. The second kappa shape index (κ2) is 5.58. The molecule has 6 heteroatoms. The van der Waals surface area contributed by atoms with E-state index >= 15 is 0 Å². The van der Waals surface area contributed by atoms with Gasteiger partial charge in [0, 0.05) is 6.42 Å². The summed E-state index contributed by atoms with van der Waals surface area (Å²) in [4.78, 5) is 0. The molecule has 0 amide bonds. The Kier molecular flexibility index (Phi) is 4.62. The molecule has 5 nitrogen and oxygen atoms in total. The van der Waals surface area contributed by atoms with E-state index in [1.165, 1.54) is 0 Å². The standard InChI is InChI=1S/C15H30O5Si/c1-14(2,3)21(6,7)17-9-10(16)11-8-12-13(18-11)20-15(4,5)19-12/h10-13,16H,8-9H2,1-7H3/t10-,11?,12-,13-/m1/s1. The molecular weight excluding hydrogens is 288 g/mol.